The van der Waals surface area contributed by atoms with Crippen LogP contribution in [0.4, 0.5) is 0 Å². The molecule has 0 aliphatic carbocycles. The molecule has 0 saturated carbocycles. The third-order valence-corrected chi connectivity index (χ3v) is 3.08. The van der Waals surface area contributed by atoms with Gasteiger partial charge in [-0.1, -0.05) is 60.7 Å². The Morgan fingerprint density at radius 2 is 1.68 bits per heavy atom. The van der Waals surface area contributed by atoms with Gasteiger partial charge in [0.05, 0.1) is 6.61 Å². The van der Waals surface area contributed by atoms with Crippen molar-refractivity contribution in [1.82, 2.24) is 0 Å². The van der Waals surface area contributed by atoms with Crippen molar-refractivity contribution < 1.29 is 14.3 Å². The van der Waals surface area contributed by atoms with Gasteiger partial charge in [-0.3, -0.25) is 4.79 Å². The number of ketones is 1. The third-order valence-electron chi connectivity index (χ3n) is 3.08. The van der Waals surface area contributed by atoms with Gasteiger partial charge in [-0.25, -0.2) is 0 Å². The molecular weight excluding hydrogens is 276 g/mol. The molecule has 114 valence electrons. The Balaban J connectivity index is 1.88. The van der Waals surface area contributed by atoms with Gasteiger partial charge < -0.3 is 9.47 Å². The fourth-order valence-corrected chi connectivity index (χ4v) is 1.98. The predicted molar refractivity (Wildman–Crippen MR) is 86.2 cm³/mol. The zero-order valence-electron chi connectivity index (χ0n) is 12.6. The first-order chi connectivity index (χ1) is 10.8. The van der Waals surface area contributed by atoms with Crippen LogP contribution in [-0.4, -0.2) is 12.6 Å². The van der Waals surface area contributed by atoms with E-state index in [1.54, 1.807) is 6.08 Å². The maximum absolute atomic E-state index is 11.1. The standard InChI is InChI=1S/C19H20O3/c1-16(20)12-13-19(18-10-6-3-7-11-18)22-15-21-14-17-8-4-2-5-9-17/h2-13,19H,14-15H2,1H3/b13-12+/t19-/m1/s1. The van der Waals surface area contributed by atoms with Gasteiger partial charge in [0.1, 0.15) is 12.9 Å². The van der Waals surface area contributed by atoms with Crippen molar-refractivity contribution in [3.8, 4) is 0 Å². The second-order valence-corrected chi connectivity index (χ2v) is 4.92. The first kappa shape index (κ1) is 16.1. The van der Waals surface area contributed by atoms with E-state index in [0.29, 0.717) is 6.61 Å². The predicted octanol–water partition coefficient (Wildman–Crippen LogP) is 4.06. The largest absolute Gasteiger partial charge is 0.351 e. The zero-order valence-corrected chi connectivity index (χ0v) is 12.6. The van der Waals surface area contributed by atoms with Crippen LogP contribution in [-0.2, 0) is 20.9 Å². The highest BCUT2D eigenvalue weighted by Crippen LogP contribution is 2.19. The molecule has 2 aromatic carbocycles. The molecule has 0 unspecified atom stereocenters. The van der Waals surface area contributed by atoms with E-state index in [2.05, 4.69) is 0 Å². The number of hydrogen-bond acceptors (Lipinski definition) is 3. The molecule has 3 nitrogen and oxygen atoms in total. The van der Waals surface area contributed by atoms with Crippen LogP contribution in [0.2, 0.25) is 0 Å². The molecule has 0 heterocycles. The maximum atomic E-state index is 11.1. The number of benzene rings is 2. The number of allylic oxidation sites excluding steroid dienone is 1. The summed E-state index contributed by atoms with van der Waals surface area (Å²) in [6, 6.07) is 19.7. The van der Waals surface area contributed by atoms with Crippen LogP contribution in [0.5, 0.6) is 0 Å². The van der Waals surface area contributed by atoms with Crippen LogP contribution in [0.3, 0.4) is 0 Å². The topological polar surface area (TPSA) is 35.5 Å². The molecule has 0 fully saturated rings. The van der Waals surface area contributed by atoms with Crippen molar-refractivity contribution in [3.63, 3.8) is 0 Å². The molecule has 0 N–H and O–H groups in total. The molecular formula is C19H20O3. The lowest BCUT2D eigenvalue weighted by atomic mass is 10.1. The minimum Gasteiger partial charge on any atom is -0.351 e. The maximum Gasteiger partial charge on any atom is 0.152 e. The van der Waals surface area contributed by atoms with Crippen molar-refractivity contribution >= 4 is 5.78 Å². The number of carbonyl (C=O) groups is 1. The summed E-state index contributed by atoms with van der Waals surface area (Å²) >= 11 is 0. The molecule has 22 heavy (non-hydrogen) atoms. The molecule has 0 radical (unpaired) electrons. The van der Waals surface area contributed by atoms with Gasteiger partial charge >= 0.3 is 0 Å². The first-order valence-corrected chi connectivity index (χ1v) is 7.22. The van der Waals surface area contributed by atoms with Crippen molar-refractivity contribution in [3.05, 3.63) is 83.9 Å². The monoisotopic (exact) mass is 296 g/mol. The molecule has 0 aliphatic heterocycles. The minimum atomic E-state index is -0.291. The minimum absolute atomic E-state index is 0.00487. The van der Waals surface area contributed by atoms with E-state index < -0.39 is 0 Å². The third kappa shape index (κ3) is 5.64. The molecule has 2 rings (SSSR count). The fourth-order valence-electron chi connectivity index (χ4n) is 1.98. The van der Waals surface area contributed by atoms with Gasteiger partial charge in [0.15, 0.2) is 5.78 Å². The van der Waals surface area contributed by atoms with Crippen LogP contribution in [0.15, 0.2) is 72.8 Å². The van der Waals surface area contributed by atoms with Crippen LogP contribution >= 0.6 is 0 Å². The molecule has 1 atom stereocenters. The van der Waals surface area contributed by atoms with Crippen molar-refractivity contribution in [2.75, 3.05) is 6.79 Å². The second-order valence-electron chi connectivity index (χ2n) is 4.92. The lowest BCUT2D eigenvalue weighted by Gasteiger charge is -2.15. The van der Waals surface area contributed by atoms with Crippen molar-refractivity contribution in [2.24, 2.45) is 0 Å². The molecule has 0 spiro atoms. The highest BCUT2D eigenvalue weighted by Gasteiger charge is 2.08. The van der Waals surface area contributed by atoms with E-state index in [9.17, 15) is 4.79 Å². The Bertz CT molecular complexity index is 591. The quantitative estimate of drug-likeness (QED) is 0.418. The number of rotatable bonds is 8. The summed E-state index contributed by atoms with van der Waals surface area (Å²) in [5.74, 6) is -0.00487. The van der Waals surface area contributed by atoms with Crippen LogP contribution in [0.25, 0.3) is 0 Å². The second kappa shape index (κ2) is 8.93. The van der Waals surface area contributed by atoms with Crippen LogP contribution < -0.4 is 0 Å². The molecule has 0 aromatic heterocycles. The Morgan fingerprint density at radius 3 is 2.32 bits per heavy atom. The highest BCUT2D eigenvalue weighted by molar-refractivity contribution is 5.87. The summed E-state index contributed by atoms with van der Waals surface area (Å²) < 4.78 is 11.3. The SMILES string of the molecule is CC(=O)/C=C/[C@@H](OCOCc1ccccc1)c1ccccc1. The highest BCUT2D eigenvalue weighted by atomic mass is 16.7. The normalized spacial score (nSPS) is 12.4. The van der Waals surface area contributed by atoms with Crippen molar-refractivity contribution in [1.29, 1.82) is 0 Å². The van der Waals surface area contributed by atoms with E-state index >= 15 is 0 Å². The molecule has 0 amide bonds. The molecule has 0 aliphatic rings. The summed E-state index contributed by atoms with van der Waals surface area (Å²) in [6.45, 7) is 2.18. The lowest BCUT2D eigenvalue weighted by Crippen LogP contribution is -2.06. The van der Waals surface area contributed by atoms with E-state index in [0.717, 1.165) is 11.1 Å². The molecule has 0 saturated heterocycles. The van der Waals surface area contributed by atoms with Crippen molar-refractivity contribution in [2.45, 2.75) is 19.6 Å². The Labute approximate surface area is 131 Å². The molecule has 3 heteroatoms. The number of ether oxygens (including phenoxy) is 2. The average molecular weight is 296 g/mol. The van der Waals surface area contributed by atoms with Gasteiger partial charge in [0.2, 0.25) is 0 Å². The van der Waals surface area contributed by atoms with Gasteiger partial charge in [-0.05, 0) is 30.2 Å². The number of carbonyl (C=O) groups excluding carboxylic acids is 1. The van der Waals surface area contributed by atoms with Crippen LogP contribution in [0, 0.1) is 0 Å². The van der Waals surface area contributed by atoms with E-state index in [1.165, 1.54) is 13.0 Å². The summed E-state index contributed by atoms with van der Waals surface area (Å²) in [7, 11) is 0. The summed E-state index contributed by atoms with van der Waals surface area (Å²) in [6.07, 6.45) is 2.99. The first-order valence-electron chi connectivity index (χ1n) is 7.22. The molecule has 0 bridgehead atoms. The average Bonchev–Trinajstić information content (AvgIpc) is 2.56. The summed E-state index contributed by atoms with van der Waals surface area (Å²) in [4.78, 5) is 11.1. The van der Waals surface area contributed by atoms with E-state index in [-0.39, 0.29) is 18.7 Å². The van der Waals surface area contributed by atoms with Gasteiger partial charge in [0.25, 0.3) is 0 Å². The van der Waals surface area contributed by atoms with E-state index in [4.69, 9.17) is 9.47 Å². The smallest absolute Gasteiger partial charge is 0.152 e. The molecule has 2 aromatic rings. The fraction of sp³-hybridized carbons (Fsp3) is 0.211. The number of hydrogen-bond donors (Lipinski definition) is 0. The Hall–Kier alpha value is -2.23. The summed E-state index contributed by atoms with van der Waals surface area (Å²) in [5, 5.41) is 0. The lowest BCUT2D eigenvalue weighted by molar-refractivity contribution is -0.112. The van der Waals surface area contributed by atoms with Gasteiger partial charge in [-0.15, -0.1) is 0 Å². The summed E-state index contributed by atoms with van der Waals surface area (Å²) in [5.41, 5.74) is 2.09. The van der Waals surface area contributed by atoms with Gasteiger partial charge in [-0.2, -0.15) is 0 Å². The van der Waals surface area contributed by atoms with E-state index in [1.807, 2.05) is 60.7 Å². The Morgan fingerprint density at radius 1 is 1.05 bits per heavy atom. The zero-order chi connectivity index (χ0) is 15.6. The van der Waals surface area contributed by atoms with Gasteiger partial charge in [0, 0.05) is 0 Å². The van der Waals surface area contributed by atoms with Crippen LogP contribution in [0.1, 0.15) is 24.2 Å². The Kier molecular flexibility index (Phi) is 6.55.